The Hall–Kier alpha value is -2.30. The smallest absolute Gasteiger partial charge is 0.349 e. The van der Waals surface area contributed by atoms with Crippen molar-refractivity contribution in [1.29, 1.82) is 0 Å². The van der Waals surface area contributed by atoms with Gasteiger partial charge in [0.15, 0.2) is 0 Å². The Kier molecular flexibility index (Phi) is 2.82. The Labute approximate surface area is 103 Å². The molecule has 0 saturated heterocycles. The van der Waals surface area contributed by atoms with Gasteiger partial charge in [-0.25, -0.2) is 0 Å². The van der Waals surface area contributed by atoms with Gasteiger partial charge in [-0.05, 0) is 37.1 Å². The molecule has 0 unspecified atom stereocenters. The molecule has 0 aliphatic heterocycles. The first-order valence-electron chi connectivity index (χ1n) is 5.54. The maximum Gasteiger partial charge on any atom is 0.349 e. The van der Waals surface area contributed by atoms with Crippen molar-refractivity contribution in [2.24, 2.45) is 0 Å². The Morgan fingerprint density at radius 3 is 2.28 bits per heavy atom. The van der Waals surface area contributed by atoms with E-state index in [2.05, 4.69) is 6.58 Å². The van der Waals surface area contributed by atoms with E-state index in [-0.39, 0.29) is 6.54 Å². The van der Waals surface area contributed by atoms with Crippen LogP contribution in [0, 0.1) is 13.8 Å². The third-order valence-corrected chi connectivity index (χ3v) is 3.04. The monoisotopic (exact) mass is 246 g/mol. The first-order chi connectivity index (χ1) is 8.47. The Bertz CT molecular complexity index is 753. The summed E-state index contributed by atoms with van der Waals surface area (Å²) in [7, 11) is 0. The highest BCUT2D eigenvalue weighted by Crippen LogP contribution is 2.16. The Morgan fingerprint density at radius 2 is 1.72 bits per heavy atom. The fraction of sp³-hybridized carbons (Fsp3) is 0.231. The first-order valence-corrected chi connectivity index (χ1v) is 5.54. The van der Waals surface area contributed by atoms with Crippen molar-refractivity contribution in [2.75, 3.05) is 0 Å². The fourth-order valence-electron chi connectivity index (χ4n) is 1.91. The van der Waals surface area contributed by atoms with Crippen LogP contribution in [0.4, 0.5) is 0 Å². The molecule has 0 atom stereocenters. The van der Waals surface area contributed by atoms with Crippen molar-refractivity contribution in [3.05, 3.63) is 56.6 Å². The van der Waals surface area contributed by atoms with Crippen LogP contribution in [0.25, 0.3) is 11.0 Å². The van der Waals surface area contributed by atoms with Crippen LogP contribution in [0.5, 0.6) is 0 Å². The number of aryl methyl sites for hydroxylation is 2. The van der Waals surface area contributed by atoms with E-state index in [9.17, 15) is 14.8 Å². The van der Waals surface area contributed by atoms with Gasteiger partial charge in [-0.2, -0.15) is 0 Å². The van der Waals surface area contributed by atoms with Gasteiger partial charge in [0.25, 0.3) is 0 Å². The summed E-state index contributed by atoms with van der Waals surface area (Å²) in [5.74, 6) is 0. The van der Waals surface area contributed by atoms with E-state index in [1.54, 1.807) is 12.1 Å². The predicted octanol–water partition coefficient (Wildman–Crippen LogP) is 1.20. The van der Waals surface area contributed by atoms with Crippen LogP contribution < -0.4 is 11.1 Å². The van der Waals surface area contributed by atoms with Crippen LogP contribution in [-0.4, -0.2) is 14.5 Å². The second-order valence-corrected chi connectivity index (χ2v) is 4.25. The highest BCUT2D eigenvalue weighted by Gasteiger charge is 2.12. The summed E-state index contributed by atoms with van der Waals surface area (Å²) >= 11 is 0. The van der Waals surface area contributed by atoms with Gasteiger partial charge in [-0.15, -0.1) is 11.3 Å². The molecule has 0 spiro atoms. The second-order valence-electron chi connectivity index (χ2n) is 4.25. The molecule has 94 valence electrons. The summed E-state index contributed by atoms with van der Waals surface area (Å²) in [4.78, 5) is 23.4. The summed E-state index contributed by atoms with van der Waals surface area (Å²) < 4.78 is 1.72. The first kappa shape index (κ1) is 12.2. The molecule has 5 heteroatoms. The third-order valence-electron chi connectivity index (χ3n) is 3.04. The number of benzene rings is 1. The van der Waals surface area contributed by atoms with Crippen molar-refractivity contribution in [3.8, 4) is 0 Å². The summed E-state index contributed by atoms with van der Waals surface area (Å²) in [6, 6.07) is 3.47. The molecular weight excluding hydrogens is 232 g/mol. The molecular formula is C13H14N2O3. The zero-order valence-corrected chi connectivity index (χ0v) is 10.3. The molecule has 0 saturated carbocycles. The number of rotatable bonds is 2. The normalized spacial score (nSPS) is 10.8. The van der Waals surface area contributed by atoms with Crippen molar-refractivity contribution in [1.82, 2.24) is 9.30 Å². The Morgan fingerprint density at radius 1 is 1.17 bits per heavy atom. The average Bonchev–Trinajstić information content (AvgIpc) is 2.35. The fourth-order valence-corrected chi connectivity index (χ4v) is 1.91. The van der Waals surface area contributed by atoms with Crippen LogP contribution >= 0.6 is 0 Å². The van der Waals surface area contributed by atoms with E-state index in [0.29, 0.717) is 15.8 Å². The lowest BCUT2D eigenvalue weighted by atomic mass is 10.1. The molecule has 5 nitrogen and oxygen atoms in total. The number of hydrogen-bond donors (Lipinski definition) is 1. The van der Waals surface area contributed by atoms with E-state index in [1.807, 2.05) is 13.8 Å². The van der Waals surface area contributed by atoms with Gasteiger partial charge >= 0.3 is 11.1 Å². The van der Waals surface area contributed by atoms with Gasteiger partial charge in [0.2, 0.25) is 0 Å². The van der Waals surface area contributed by atoms with Crippen LogP contribution in [-0.2, 0) is 6.54 Å². The molecule has 0 aliphatic carbocycles. The molecule has 2 rings (SSSR count). The number of allylic oxidation sites excluding steroid dienone is 1. The van der Waals surface area contributed by atoms with Crippen molar-refractivity contribution in [2.45, 2.75) is 20.4 Å². The quantitative estimate of drug-likeness (QED) is 0.492. The van der Waals surface area contributed by atoms with Gasteiger partial charge in [0.1, 0.15) is 5.52 Å². The van der Waals surface area contributed by atoms with E-state index >= 15 is 0 Å². The number of aromatic nitrogens is 2. The molecule has 0 fully saturated rings. The maximum absolute atomic E-state index is 11.8. The molecule has 1 N–H and O–H groups in total. The van der Waals surface area contributed by atoms with Gasteiger partial charge in [-0.3, -0.25) is 14.2 Å². The zero-order valence-electron chi connectivity index (χ0n) is 10.3. The number of nitrogens with zero attached hydrogens (tertiary/aromatic N) is 2. The predicted molar refractivity (Wildman–Crippen MR) is 69.3 cm³/mol. The molecule has 2 aromatic rings. The lowest BCUT2D eigenvalue weighted by Crippen LogP contribution is -2.40. The van der Waals surface area contributed by atoms with Gasteiger partial charge in [0, 0.05) is 6.54 Å². The number of fused-ring (bicyclic) bond motifs is 1. The minimum absolute atomic E-state index is 0.230. The standard InChI is InChI=1S/C13H14N2O3/c1-4-5-14-10-6-8(2)9(3)7-11(10)15(18)13(17)12(14)16/h4,6-7,18H,1,5H2,2-3H3. The van der Waals surface area contributed by atoms with E-state index < -0.39 is 11.1 Å². The molecule has 0 aliphatic rings. The van der Waals surface area contributed by atoms with Crippen molar-refractivity contribution in [3.63, 3.8) is 0 Å². The van der Waals surface area contributed by atoms with E-state index in [4.69, 9.17) is 0 Å². The molecule has 1 aromatic heterocycles. The van der Waals surface area contributed by atoms with Crippen LogP contribution in [0.3, 0.4) is 0 Å². The van der Waals surface area contributed by atoms with Gasteiger partial charge in [-0.1, -0.05) is 6.08 Å². The summed E-state index contributed by atoms with van der Waals surface area (Å²) in [5, 5.41) is 9.71. The highest BCUT2D eigenvalue weighted by molar-refractivity contribution is 5.77. The van der Waals surface area contributed by atoms with Crippen molar-refractivity contribution >= 4 is 11.0 Å². The summed E-state index contributed by atoms with van der Waals surface area (Å²) in [6.45, 7) is 7.58. The maximum atomic E-state index is 11.8. The lowest BCUT2D eigenvalue weighted by molar-refractivity contribution is 0.185. The Balaban J connectivity index is 3.07. The largest absolute Gasteiger partial charge is 0.425 e. The van der Waals surface area contributed by atoms with Crippen LogP contribution in [0.2, 0.25) is 0 Å². The summed E-state index contributed by atoms with van der Waals surface area (Å²) in [5.41, 5.74) is 1.06. The highest BCUT2D eigenvalue weighted by atomic mass is 16.5. The van der Waals surface area contributed by atoms with Crippen LogP contribution in [0.1, 0.15) is 11.1 Å². The van der Waals surface area contributed by atoms with E-state index in [0.717, 1.165) is 11.1 Å². The minimum Gasteiger partial charge on any atom is -0.425 e. The van der Waals surface area contributed by atoms with Crippen LogP contribution in [0.15, 0.2) is 34.4 Å². The SMILES string of the molecule is C=CCn1c(=O)c(=O)n(O)c2cc(C)c(C)cc21. The van der Waals surface area contributed by atoms with Gasteiger partial charge < -0.3 is 5.21 Å². The lowest BCUT2D eigenvalue weighted by Gasteiger charge is -2.12. The third kappa shape index (κ3) is 1.64. The second kappa shape index (κ2) is 4.18. The molecule has 1 heterocycles. The molecule has 0 amide bonds. The molecule has 0 bridgehead atoms. The topological polar surface area (TPSA) is 64.2 Å². The molecule has 18 heavy (non-hydrogen) atoms. The average molecular weight is 246 g/mol. The van der Waals surface area contributed by atoms with Crippen molar-refractivity contribution < 1.29 is 5.21 Å². The summed E-state index contributed by atoms with van der Waals surface area (Å²) in [6.07, 6.45) is 1.54. The molecule has 0 radical (unpaired) electrons. The minimum atomic E-state index is -0.951. The van der Waals surface area contributed by atoms with E-state index in [1.165, 1.54) is 10.6 Å². The number of hydrogen-bond acceptors (Lipinski definition) is 3. The zero-order chi connectivity index (χ0) is 13.4. The molecule has 1 aromatic carbocycles. The van der Waals surface area contributed by atoms with Gasteiger partial charge in [0.05, 0.1) is 5.52 Å².